The van der Waals surface area contributed by atoms with Crippen LogP contribution < -0.4 is 11.1 Å². The van der Waals surface area contributed by atoms with Crippen molar-refractivity contribution in [1.29, 1.82) is 0 Å². The Morgan fingerprint density at radius 2 is 2.28 bits per heavy atom. The van der Waals surface area contributed by atoms with Gasteiger partial charge in [-0.15, -0.1) is 0 Å². The van der Waals surface area contributed by atoms with E-state index in [1.165, 1.54) is 23.8 Å². The van der Waals surface area contributed by atoms with Crippen molar-refractivity contribution in [3.8, 4) is 0 Å². The van der Waals surface area contributed by atoms with Crippen molar-refractivity contribution < 1.29 is 4.79 Å². The molecule has 2 rings (SSSR count). The first-order valence-electron chi connectivity index (χ1n) is 5.94. The molecule has 0 saturated carbocycles. The molecule has 1 amide bonds. The number of nitrogen functional groups attached to an aromatic ring is 1. The van der Waals surface area contributed by atoms with E-state index in [1.54, 1.807) is 0 Å². The van der Waals surface area contributed by atoms with Crippen molar-refractivity contribution in [1.82, 2.24) is 10.3 Å². The van der Waals surface area contributed by atoms with Crippen molar-refractivity contribution >= 4 is 35.1 Å². The summed E-state index contributed by atoms with van der Waals surface area (Å²) in [5.74, 6) is 3.08. The zero-order valence-electron chi connectivity index (χ0n) is 9.99. The number of anilines is 1. The molecule has 2 heterocycles. The number of rotatable bonds is 3. The summed E-state index contributed by atoms with van der Waals surface area (Å²) in [7, 11) is 0. The lowest BCUT2D eigenvalue weighted by Gasteiger charge is -2.21. The van der Waals surface area contributed by atoms with Crippen LogP contribution in [-0.4, -0.2) is 28.9 Å². The van der Waals surface area contributed by atoms with Crippen LogP contribution in [0.3, 0.4) is 0 Å². The van der Waals surface area contributed by atoms with Gasteiger partial charge in [-0.1, -0.05) is 11.6 Å². The Balaban J connectivity index is 1.92. The summed E-state index contributed by atoms with van der Waals surface area (Å²) in [6, 6.07) is 1.51. The van der Waals surface area contributed by atoms with Gasteiger partial charge in [-0.05, 0) is 36.3 Å². The number of amides is 1. The minimum absolute atomic E-state index is 0.174. The van der Waals surface area contributed by atoms with Gasteiger partial charge in [0.25, 0.3) is 5.91 Å². The summed E-state index contributed by atoms with van der Waals surface area (Å²) < 4.78 is 0. The summed E-state index contributed by atoms with van der Waals surface area (Å²) in [6.07, 6.45) is 3.73. The number of pyridine rings is 1. The number of nitrogens with two attached hydrogens (primary N) is 1. The maximum Gasteiger partial charge on any atom is 0.252 e. The first-order chi connectivity index (χ1) is 8.66. The number of carbonyl (C=O) groups excluding carboxylic acids is 1. The van der Waals surface area contributed by atoms with Crippen LogP contribution in [0, 0.1) is 5.92 Å². The zero-order chi connectivity index (χ0) is 13.0. The molecule has 1 fully saturated rings. The van der Waals surface area contributed by atoms with Crippen molar-refractivity contribution in [3.63, 3.8) is 0 Å². The molecular formula is C12H16ClN3OS. The van der Waals surface area contributed by atoms with Gasteiger partial charge in [0.2, 0.25) is 0 Å². The highest BCUT2D eigenvalue weighted by molar-refractivity contribution is 7.99. The first-order valence-corrected chi connectivity index (χ1v) is 7.47. The van der Waals surface area contributed by atoms with Gasteiger partial charge in [-0.3, -0.25) is 4.79 Å². The Morgan fingerprint density at radius 3 is 3.00 bits per heavy atom. The lowest BCUT2D eigenvalue weighted by Crippen LogP contribution is -2.31. The van der Waals surface area contributed by atoms with Crippen LogP contribution in [0.1, 0.15) is 23.2 Å². The fraction of sp³-hybridized carbons (Fsp3) is 0.500. The third-order valence-corrected chi connectivity index (χ3v) is 4.36. The molecule has 6 heteroatoms. The molecule has 1 aliphatic heterocycles. The average molecular weight is 286 g/mol. The van der Waals surface area contributed by atoms with Crippen LogP contribution in [0.4, 0.5) is 5.82 Å². The second-order valence-electron chi connectivity index (χ2n) is 4.35. The van der Waals surface area contributed by atoms with E-state index in [-0.39, 0.29) is 5.91 Å². The summed E-state index contributed by atoms with van der Waals surface area (Å²) in [5.41, 5.74) is 5.95. The number of nitrogens with one attached hydrogen (secondary N) is 1. The number of aromatic nitrogens is 1. The molecule has 0 aromatic carbocycles. The largest absolute Gasteiger partial charge is 0.384 e. The molecule has 0 atom stereocenters. The molecule has 1 aromatic rings. The van der Waals surface area contributed by atoms with E-state index in [1.807, 2.05) is 11.8 Å². The molecule has 3 N–H and O–H groups in total. The van der Waals surface area contributed by atoms with E-state index < -0.39 is 0 Å². The highest BCUT2D eigenvalue weighted by Crippen LogP contribution is 2.22. The SMILES string of the molecule is Nc1cc(C(=O)NCC2CCSCC2)c(Cl)cn1. The van der Waals surface area contributed by atoms with E-state index in [2.05, 4.69) is 10.3 Å². The van der Waals surface area contributed by atoms with E-state index in [0.29, 0.717) is 28.9 Å². The summed E-state index contributed by atoms with van der Waals surface area (Å²) in [6.45, 7) is 0.706. The maximum atomic E-state index is 12.0. The Morgan fingerprint density at radius 1 is 1.56 bits per heavy atom. The molecule has 0 unspecified atom stereocenters. The smallest absolute Gasteiger partial charge is 0.252 e. The monoisotopic (exact) mass is 285 g/mol. The molecule has 0 aliphatic carbocycles. The van der Waals surface area contributed by atoms with Gasteiger partial charge in [0.15, 0.2) is 0 Å². The predicted molar refractivity (Wildman–Crippen MR) is 76.0 cm³/mol. The molecule has 98 valence electrons. The molecule has 1 saturated heterocycles. The molecule has 0 bridgehead atoms. The van der Waals surface area contributed by atoms with E-state index >= 15 is 0 Å². The van der Waals surface area contributed by atoms with E-state index in [4.69, 9.17) is 17.3 Å². The van der Waals surface area contributed by atoms with Crippen molar-refractivity contribution in [2.45, 2.75) is 12.8 Å². The fourth-order valence-electron chi connectivity index (χ4n) is 1.91. The van der Waals surface area contributed by atoms with Gasteiger partial charge in [0.05, 0.1) is 10.6 Å². The van der Waals surface area contributed by atoms with Gasteiger partial charge in [-0.25, -0.2) is 4.98 Å². The van der Waals surface area contributed by atoms with Crippen molar-refractivity contribution in [2.75, 3.05) is 23.8 Å². The normalized spacial score (nSPS) is 16.5. The summed E-state index contributed by atoms with van der Waals surface area (Å²) in [5, 5.41) is 3.25. The number of carbonyl (C=O) groups is 1. The summed E-state index contributed by atoms with van der Waals surface area (Å²) in [4.78, 5) is 15.8. The molecule has 4 nitrogen and oxygen atoms in total. The molecule has 0 spiro atoms. The van der Waals surface area contributed by atoms with Gasteiger partial charge >= 0.3 is 0 Å². The lowest BCUT2D eigenvalue weighted by molar-refractivity contribution is 0.0946. The number of hydrogen-bond donors (Lipinski definition) is 2. The van der Waals surface area contributed by atoms with Crippen LogP contribution in [0.25, 0.3) is 0 Å². The quantitative estimate of drug-likeness (QED) is 0.893. The average Bonchev–Trinajstić information content (AvgIpc) is 2.40. The minimum Gasteiger partial charge on any atom is -0.384 e. The zero-order valence-corrected chi connectivity index (χ0v) is 11.6. The van der Waals surface area contributed by atoms with E-state index in [0.717, 1.165) is 12.8 Å². The van der Waals surface area contributed by atoms with Crippen LogP contribution in [0.15, 0.2) is 12.3 Å². The third kappa shape index (κ3) is 3.53. The van der Waals surface area contributed by atoms with Gasteiger partial charge in [0.1, 0.15) is 5.82 Å². The van der Waals surface area contributed by atoms with Crippen LogP contribution >= 0.6 is 23.4 Å². The predicted octanol–water partition coefficient (Wildman–Crippen LogP) is 2.19. The number of thioether (sulfide) groups is 1. The maximum absolute atomic E-state index is 12.0. The van der Waals surface area contributed by atoms with Crippen molar-refractivity contribution in [2.24, 2.45) is 5.92 Å². The Bertz CT molecular complexity index is 435. The van der Waals surface area contributed by atoms with Crippen molar-refractivity contribution in [3.05, 3.63) is 22.8 Å². The fourth-order valence-corrected chi connectivity index (χ4v) is 3.30. The highest BCUT2D eigenvalue weighted by atomic mass is 35.5. The van der Waals surface area contributed by atoms with Gasteiger partial charge in [-0.2, -0.15) is 11.8 Å². The molecule has 0 radical (unpaired) electrons. The molecular weight excluding hydrogens is 270 g/mol. The minimum atomic E-state index is -0.174. The first kappa shape index (κ1) is 13.5. The van der Waals surface area contributed by atoms with Gasteiger partial charge in [0, 0.05) is 12.7 Å². The van der Waals surface area contributed by atoms with Crippen LogP contribution in [0.5, 0.6) is 0 Å². The second kappa shape index (κ2) is 6.29. The third-order valence-electron chi connectivity index (χ3n) is 3.01. The Labute approximate surface area is 116 Å². The molecule has 1 aromatic heterocycles. The number of halogens is 1. The topological polar surface area (TPSA) is 68.0 Å². The Kier molecular flexibility index (Phi) is 4.72. The van der Waals surface area contributed by atoms with Crippen LogP contribution in [-0.2, 0) is 0 Å². The molecule has 18 heavy (non-hydrogen) atoms. The standard InChI is InChI=1S/C12H16ClN3OS/c13-10-7-15-11(14)5-9(10)12(17)16-6-8-1-3-18-4-2-8/h5,7-8H,1-4,6H2,(H2,14,15)(H,16,17). The van der Waals surface area contributed by atoms with Gasteiger partial charge < -0.3 is 11.1 Å². The number of hydrogen-bond acceptors (Lipinski definition) is 4. The molecule has 1 aliphatic rings. The Hall–Kier alpha value is -0.940. The number of nitrogens with zero attached hydrogens (tertiary/aromatic N) is 1. The lowest BCUT2D eigenvalue weighted by atomic mass is 10.0. The van der Waals surface area contributed by atoms with E-state index in [9.17, 15) is 4.79 Å². The second-order valence-corrected chi connectivity index (χ2v) is 5.99. The highest BCUT2D eigenvalue weighted by Gasteiger charge is 2.16. The summed E-state index contributed by atoms with van der Waals surface area (Å²) >= 11 is 7.91. The van der Waals surface area contributed by atoms with Crippen LogP contribution in [0.2, 0.25) is 5.02 Å².